The van der Waals surface area contributed by atoms with Crippen molar-refractivity contribution < 1.29 is 14.3 Å². The van der Waals surface area contributed by atoms with Crippen molar-refractivity contribution in [2.75, 3.05) is 0 Å². The molecule has 0 radical (unpaired) electrons. The quantitative estimate of drug-likeness (QED) is 0.542. The number of ketones is 2. The Hall–Kier alpha value is -0.700. The van der Waals surface area contributed by atoms with Gasteiger partial charge in [-0.2, -0.15) is 0 Å². The SMILES string of the molecule is CC(=O)[C@@H]1CC(=O)[C@@]2(C)O[C@@H]2C1. The van der Waals surface area contributed by atoms with Crippen LogP contribution in [0, 0.1) is 5.92 Å². The largest absolute Gasteiger partial charge is 0.358 e. The van der Waals surface area contributed by atoms with E-state index in [1.807, 2.05) is 6.92 Å². The Morgan fingerprint density at radius 2 is 2.33 bits per heavy atom. The summed E-state index contributed by atoms with van der Waals surface area (Å²) >= 11 is 0. The minimum Gasteiger partial charge on any atom is -0.358 e. The fraction of sp³-hybridized carbons (Fsp3) is 0.778. The smallest absolute Gasteiger partial charge is 0.167 e. The molecular weight excluding hydrogens is 156 g/mol. The van der Waals surface area contributed by atoms with Crippen LogP contribution in [-0.4, -0.2) is 23.3 Å². The summed E-state index contributed by atoms with van der Waals surface area (Å²) in [6.07, 6.45) is 1.13. The van der Waals surface area contributed by atoms with E-state index in [9.17, 15) is 9.59 Å². The highest BCUT2D eigenvalue weighted by Gasteiger charge is 2.61. The van der Waals surface area contributed by atoms with E-state index in [-0.39, 0.29) is 23.6 Å². The standard InChI is InChI=1S/C9H12O3/c1-5(10)6-3-7(11)9(2)8(4-6)12-9/h6,8H,3-4H2,1-2H3/t6-,8-,9-/m1/s1. The number of rotatable bonds is 1. The van der Waals surface area contributed by atoms with E-state index in [1.54, 1.807) is 6.92 Å². The van der Waals surface area contributed by atoms with Gasteiger partial charge in [-0.3, -0.25) is 9.59 Å². The van der Waals surface area contributed by atoms with Gasteiger partial charge in [0.2, 0.25) is 0 Å². The highest BCUT2D eigenvalue weighted by molar-refractivity contribution is 5.95. The van der Waals surface area contributed by atoms with Gasteiger partial charge in [-0.1, -0.05) is 0 Å². The van der Waals surface area contributed by atoms with E-state index in [2.05, 4.69) is 0 Å². The van der Waals surface area contributed by atoms with Crippen LogP contribution in [0.1, 0.15) is 26.7 Å². The molecule has 1 aliphatic heterocycles. The summed E-state index contributed by atoms with van der Waals surface area (Å²) in [7, 11) is 0. The summed E-state index contributed by atoms with van der Waals surface area (Å²) in [5, 5.41) is 0. The maximum Gasteiger partial charge on any atom is 0.167 e. The van der Waals surface area contributed by atoms with Gasteiger partial charge in [-0.05, 0) is 20.3 Å². The molecule has 3 atom stereocenters. The van der Waals surface area contributed by atoms with Crippen molar-refractivity contribution in [2.24, 2.45) is 5.92 Å². The summed E-state index contributed by atoms with van der Waals surface area (Å²) in [6.45, 7) is 3.36. The average Bonchev–Trinajstić information content (AvgIpc) is 2.62. The lowest BCUT2D eigenvalue weighted by atomic mass is 9.80. The molecule has 0 N–H and O–H groups in total. The minimum absolute atomic E-state index is 0.0210. The van der Waals surface area contributed by atoms with Gasteiger partial charge in [-0.15, -0.1) is 0 Å². The zero-order chi connectivity index (χ0) is 8.93. The van der Waals surface area contributed by atoms with Gasteiger partial charge in [0.15, 0.2) is 5.78 Å². The Bertz CT molecular complexity index is 258. The molecule has 66 valence electrons. The monoisotopic (exact) mass is 168 g/mol. The van der Waals surface area contributed by atoms with E-state index in [1.165, 1.54) is 0 Å². The summed E-state index contributed by atoms with van der Waals surface area (Å²) < 4.78 is 5.26. The summed E-state index contributed by atoms with van der Waals surface area (Å²) in [5.74, 6) is 0.123. The maximum atomic E-state index is 11.4. The summed E-state index contributed by atoms with van der Waals surface area (Å²) in [5.41, 5.74) is -0.522. The van der Waals surface area contributed by atoms with Gasteiger partial charge in [0.25, 0.3) is 0 Å². The predicted octanol–water partition coefficient (Wildman–Crippen LogP) is 0.712. The molecule has 12 heavy (non-hydrogen) atoms. The number of Topliss-reactive ketones (excluding diaryl/α,β-unsaturated/α-hetero) is 2. The minimum atomic E-state index is -0.522. The van der Waals surface area contributed by atoms with Crippen LogP contribution in [0.25, 0.3) is 0 Å². The van der Waals surface area contributed by atoms with Gasteiger partial charge in [0, 0.05) is 12.3 Å². The molecule has 3 nitrogen and oxygen atoms in total. The van der Waals surface area contributed by atoms with Crippen LogP contribution in [0.3, 0.4) is 0 Å². The highest BCUT2D eigenvalue weighted by Crippen LogP contribution is 2.46. The second-order valence-corrected chi connectivity index (χ2v) is 3.88. The second kappa shape index (κ2) is 2.16. The molecule has 0 bridgehead atoms. The number of hydrogen-bond acceptors (Lipinski definition) is 3. The number of ether oxygens (including phenoxy) is 1. The van der Waals surface area contributed by atoms with Gasteiger partial charge < -0.3 is 4.74 Å². The fourth-order valence-corrected chi connectivity index (χ4v) is 1.86. The van der Waals surface area contributed by atoms with Gasteiger partial charge in [-0.25, -0.2) is 0 Å². The Morgan fingerprint density at radius 1 is 1.67 bits per heavy atom. The number of epoxide rings is 1. The number of hydrogen-bond donors (Lipinski definition) is 0. The van der Waals surface area contributed by atoms with Crippen molar-refractivity contribution in [3.05, 3.63) is 0 Å². The van der Waals surface area contributed by atoms with Crippen molar-refractivity contribution >= 4 is 11.6 Å². The number of fused-ring (bicyclic) bond motifs is 1. The first-order chi connectivity index (χ1) is 5.54. The topological polar surface area (TPSA) is 46.7 Å². The van der Waals surface area contributed by atoms with Crippen LogP contribution in [0.5, 0.6) is 0 Å². The molecule has 0 aromatic rings. The molecule has 0 aromatic heterocycles. The molecule has 1 saturated heterocycles. The van der Waals surface area contributed by atoms with E-state index in [0.29, 0.717) is 6.42 Å². The number of carbonyl (C=O) groups is 2. The van der Waals surface area contributed by atoms with Gasteiger partial charge >= 0.3 is 0 Å². The molecule has 1 heterocycles. The molecular formula is C9H12O3. The third-order valence-electron chi connectivity index (χ3n) is 3.00. The molecule has 1 saturated carbocycles. The Labute approximate surface area is 71.1 Å². The van der Waals surface area contributed by atoms with Crippen LogP contribution >= 0.6 is 0 Å². The Morgan fingerprint density at radius 3 is 2.83 bits per heavy atom. The third-order valence-corrected chi connectivity index (χ3v) is 3.00. The number of carbonyl (C=O) groups excluding carboxylic acids is 2. The fourth-order valence-electron chi connectivity index (χ4n) is 1.86. The lowest BCUT2D eigenvalue weighted by molar-refractivity contribution is -0.130. The van der Waals surface area contributed by atoms with E-state index in [4.69, 9.17) is 4.74 Å². The van der Waals surface area contributed by atoms with Gasteiger partial charge in [0.05, 0.1) is 6.10 Å². The normalized spacial score (nSPS) is 45.3. The van der Waals surface area contributed by atoms with Crippen molar-refractivity contribution in [3.8, 4) is 0 Å². The Balaban J connectivity index is 2.12. The first kappa shape index (κ1) is 7.92. The molecule has 1 aliphatic carbocycles. The first-order valence-corrected chi connectivity index (χ1v) is 4.25. The van der Waals surface area contributed by atoms with Crippen LogP contribution in [-0.2, 0) is 14.3 Å². The van der Waals surface area contributed by atoms with E-state index in [0.717, 1.165) is 6.42 Å². The molecule has 2 fully saturated rings. The average molecular weight is 168 g/mol. The molecule has 0 amide bonds. The molecule has 2 aliphatic rings. The van der Waals surface area contributed by atoms with E-state index >= 15 is 0 Å². The summed E-state index contributed by atoms with van der Waals surface area (Å²) in [6, 6.07) is 0. The highest BCUT2D eigenvalue weighted by atomic mass is 16.6. The van der Waals surface area contributed by atoms with Crippen LogP contribution in [0.15, 0.2) is 0 Å². The summed E-state index contributed by atoms with van der Waals surface area (Å²) in [4.78, 5) is 22.4. The predicted molar refractivity (Wildman–Crippen MR) is 41.7 cm³/mol. The van der Waals surface area contributed by atoms with Crippen molar-refractivity contribution in [3.63, 3.8) is 0 Å². The second-order valence-electron chi connectivity index (χ2n) is 3.88. The van der Waals surface area contributed by atoms with Crippen LogP contribution in [0.4, 0.5) is 0 Å². The first-order valence-electron chi connectivity index (χ1n) is 4.25. The third kappa shape index (κ3) is 0.926. The molecule has 3 heteroatoms. The lowest BCUT2D eigenvalue weighted by Gasteiger charge is -2.18. The molecule has 0 unspecified atom stereocenters. The van der Waals surface area contributed by atoms with Crippen molar-refractivity contribution in [1.82, 2.24) is 0 Å². The molecule has 0 spiro atoms. The van der Waals surface area contributed by atoms with E-state index < -0.39 is 5.60 Å². The van der Waals surface area contributed by atoms with Crippen molar-refractivity contribution in [1.29, 1.82) is 0 Å². The molecule has 0 aromatic carbocycles. The van der Waals surface area contributed by atoms with Crippen molar-refractivity contribution in [2.45, 2.75) is 38.4 Å². The van der Waals surface area contributed by atoms with Gasteiger partial charge in [0.1, 0.15) is 11.4 Å². The zero-order valence-electron chi connectivity index (χ0n) is 7.29. The molecule has 2 rings (SSSR count). The maximum absolute atomic E-state index is 11.4. The van der Waals surface area contributed by atoms with Crippen LogP contribution < -0.4 is 0 Å². The Kier molecular flexibility index (Phi) is 1.43. The van der Waals surface area contributed by atoms with Crippen LogP contribution in [0.2, 0.25) is 0 Å². The lowest BCUT2D eigenvalue weighted by Crippen LogP contribution is -2.34. The zero-order valence-corrected chi connectivity index (χ0v) is 7.29.